The first-order valence-corrected chi connectivity index (χ1v) is 6.44. The predicted octanol–water partition coefficient (Wildman–Crippen LogP) is 3.97. The van der Waals surface area contributed by atoms with Gasteiger partial charge < -0.3 is 5.11 Å². The second-order valence-electron chi connectivity index (χ2n) is 4.01. The lowest BCUT2D eigenvalue weighted by Crippen LogP contribution is -2.29. The van der Waals surface area contributed by atoms with Gasteiger partial charge in [-0.1, -0.05) is 49.9 Å². The molecule has 0 aliphatic rings. The van der Waals surface area contributed by atoms with E-state index in [0.29, 0.717) is 15.6 Å². The Bertz CT molecular complexity index is 400. The minimum atomic E-state index is -1.01. The van der Waals surface area contributed by atoms with Crippen LogP contribution >= 0.6 is 23.2 Å². The second-order valence-corrected chi connectivity index (χ2v) is 4.85. The number of Topliss-reactive ketones (excluding diaryl/α,β-unsaturated/α-hetero) is 1. The van der Waals surface area contributed by atoms with E-state index in [0.717, 1.165) is 12.8 Å². The molecule has 0 aliphatic heterocycles. The lowest BCUT2D eigenvalue weighted by Gasteiger charge is -2.19. The highest BCUT2D eigenvalue weighted by Gasteiger charge is 2.26. The Labute approximate surface area is 112 Å². The SMILES string of the molecule is CCC(CC)C(O)C(=O)c1cc(Cl)ccc1Cl. The maximum atomic E-state index is 12.1. The van der Waals surface area contributed by atoms with Crippen molar-refractivity contribution in [1.82, 2.24) is 0 Å². The molecule has 1 N–H and O–H groups in total. The maximum absolute atomic E-state index is 12.1. The maximum Gasteiger partial charge on any atom is 0.193 e. The molecule has 2 nitrogen and oxygen atoms in total. The lowest BCUT2D eigenvalue weighted by atomic mass is 9.91. The van der Waals surface area contributed by atoms with Crippen LogP contribution < -0.4 is 0 Å². The summed E-state index contributed by atoms with van der Waals surface area (Å²) in [6.07, 6.45) is 0.490. The summed E-state index contributed by atoms with van der Waals surface area (Å²) in [5.41, 5.74) is 0.290. The standard InChI is InChI=1S/C13H16Cl2O2/c1-3-8(4-2)12(16)13(17)10-7-9(14)5-6-11(10)15/h5-8,12,16H,3-4H2,1-2H3. The highest BCUT2D eigenvalue weighted by molar-refractivity contribution is 6.36. The predicted molar refractivity (Wildman–Crippen MR) is 70.9 cm³/mol. The molecule has 0 heterocycles. The Morgan fingerprint density at radius 1 is 1.29 bits per heavy atom. The van der Waals surface area contributed by atoms with Crippen molar-refractivity contribution >= 4 is 29.0 Å². The molecule has 1 aromatic rings. The van der Waals surface area contributed by atoms with Crippen LogP contribution in [0.5, 0.6) is 0 Å². The fourth-order valence-electron chi connectivity index (χ4n) is 1.79. The quantitative estimate of drug-likeness (QED) is 0.825. The second kappa shape index (κ2) is 6.39. The zero-order valence-corrected chi connectivity index (χ0v) is 11.4. The molecule has 0 aromatic heterocycles. The van der Waals surface area contributed by atoms with E-state index in [1.165, 1.54) is 6.07 Å². The van der Waals surface area contributed by atoms with Crippen LogP contribution in [-0.2, 0) is 0 Å². The van der Waals surface area contributed by atoms with Gasteiger partial charge in [0, 0.05) is 10.6 Å². The molecule has 0 amide bonds. The Hall–Kier alpha value is -0.570. The Morgan fingerprint density at radius 3 is 2.41 bits per heavy atom. The van der Waals surface area contributed by atoms with Gasteiger partial charge in [-0.3, -0.25) is 4.79 Å². The smallest absolute Gasteiger partial charge is 0.193 e. The van der Waals surface area contributed by atoms with Crippen LogP contribution in [0.3, 0.4) is 0 Å². The van der Waals surface area contributed by atoms with Crippen LogP contribution in [0.25, 0.3) is 0 Å². The van der Waals surface area contributed by atoms with Crippen molar-refractivity contribution in [3.8, 4) is 0 Å². The van der Waals surface area contributed by atoms with E-state index in [9.17, 15) is 9.90 Å². The molecule has 1 atom stereocenters. The first-order valence-electron chi connectivity index (χ1n) is 5.68. The first kappa shape index (κ1) is 14.5. The van der Waals surface area contributed by atoms with Gasteiger partial charge in [0.1, 0.15) is 6.10 Å². The molecule has 1 aromatic carbocycles. The van der Waals surface area contributed by atoms with E-state index in [1.807, 2.05) is 13.8 Å². The number of aliphatic hydroxyl groups is 1. The number of carbonyl (C=O) groups excluding carboxylic acids is 1. The van der Waals surface area contributed by atoms with Gasteiger partial charge in [0.15, 0.2) is 5.78 Å². The van der Waals surface area contributed by atoms with Crippen molar-refractivity contribution in [2.24, 2.45) is 5.92 Å². The number of hydrogen-bond donors (Lipinski definition) is 1. The van der Waals surface area contributed by atoms with Crippen LogP contribution in [0.4, 0.5) is 0 Å². The van der Waals surface area contributed by atoms with E-state index < -0.39 is 6.10 Å². The average Bonchev–Trinajstić information content (AvgIpc) is 2.32. The monoisotopic (exact) mass is 274 g/mol. The Morgan fingerprint density at radius 2 is 1.88 bits per heavy atom. The van der Waals surface area contributed by atoms with E-state index in [1.54, 1.807) is 12.1 Å². The molecular weight excluding hydrogens is 259 g/mol. The highest BCUT2D eigenvalue weighted by Crippen LogP contribution is 2.25. The zero-order valence-electron chi connectivity index (χ0n) is 9.91. The molecule has 0 radical (unpaired) electrons. The van der Waals surface area contributed by atoms with Crippen LogP contribution in [0.2, 0.25) is 10.0 Å². The van der Waals surface area contributed by atoms with Gasteiger partial charge in [-0.15, -0.1) is 0 Å². The van der Waals surface area contributed by atoms with Crippen LogP contribution in [-0.4, -0.2) is 17.0 Å². The molecule has 1 unspecified atom stereocenters. The Balaban J connectivity index is 2.99. The van der Waals surface area contributed by atoms with E-state index >= 15 is 0 Å². The molecule has 0 saturated carbocycles. The molecule has 17 heavy (non-hydrogen) atoms. The third-order valence-electron chi connectivity index (χ3n) is 2.96. The average molecular weight is 275 g/mol. The molecule has 1 rings (SSSR count). The first-order chi connectivity index (χ1) is 8.01. The molecular formula is C13H16Cl2O2. The van der Waals surface area contributed by atoms with Crippen LogP contribution in [0.15, 0.2) is 18.2 Å². The van der Waals surface area contributed by atoms with Crippen LogP contribution in [0.1, 0.15) is 37.0 Å². The zero-order chi connectivity index (χ0) is 13.0. The van der Waals surface area contributed by atoms with Gasteiger partial charge in [0.25, 0.3) is 0 Å². The van der Waals surface area contributed by atoms with Gasteiger partial charge in [0.05, 0.1) is 5.02 Å². The Kier molecular flexibility index (Phi) is 5.44. The number of hydrogen-bond acceptors (Lipinski definition) is 2. The summed E-state index contributed by atoms with van der Waals surface area (Å²) < 4.78 is 0. The van der Waals surface area contributed by atoms with Crippen molar-refractivity contribution in [2.75, 3.05) is 0 Å². The van der Waals surface area contributed by atoms with Gasteiger partial charge in [-0.25, -0.2) is 0 Å². The molecule has 0 saturated heterocycles. The minimum Gasteiger partial charge on any atom is -0.385 e. The normalized spacial score (nSPS) is 12.8. The third-order valence-corrected chi connectivity index (χ3v) is 3.52. The summed E-state index contributed by atoms with van der Waals surface area (Å²) in [5.74, 6) is -0.399. The van der Waals surface area contributed by atoms with E-state index in [2.05, 4.69) is 0 Å². The highest BCUT2D eigenvalue weighted by atomic mass is 35.5. The fraction of sp³-hybridized carbons (Fsp3) is 0.462. The number of ketones is 1. The minimum absolute atomic E-state index is 0.0439. The molecule has 0 spiro atoms. The number of benzene rings is 1. The van der Waals surface area contributed by atoms with Crippen molar-refractivity contribution in [1.29, 1.82) is 0 Å². The summed E-state index contributed by atoms with van der Waals surface area (Å²) in [7, 11) is 0. The number of halogens is 2. The largest absolute Gasteiger partial charge is 0.385 e. The van der Waals surface area contributed by atoms with Gasteiger partial charge >= 0.3 is 0 Å². The van der Waals surface area contributed by atoms with Crippen molar-refractivity contribution < 1.29 is 9.90 Å². The fourth-order valence-corrected chi connectivity index (χ4v) is 2.18. The summed E-state index contributed by atoms with van der Waals surface area (Å²) in [6.45, 7) is 3.90. The molecule has 94 valence electrons. The van der Waals surface area contributed by atoms with Gasteiger partial charge in [-0.2, -0.15) is 0 Å². The van der Waals surface area contributed by atoms with E-state index in [4.69, 9.17) is 23.2 Å². The summed E-state index contributed by atoms with van der Waals surface area (Å²) in [6, 6.07) is 4.68. The summed E-state index contributed by atoms with van der Waals surface area (Å²) >= 11 is 11.8. The van der Waals surface area contributed by atoms with Crippen molar-refractivity contribution in [3.05, 3.63) is 33.8 Å². The summed E-state index contributed by atoms with van der Waals surface area (Å²) in [5, 5.41) is 10.8. The van der Waals surface area contributed by atoms with Gasteiger partial charge in [-0.05, 0) is 24.1 Å². The van der Waals surface area contributed by atoms with Gasteiger partial charge in [0.2, 0.25) is 0 Å². The van der Waals surface area contributed by atoms with Crippen molar-refractivity contribution in [2.45, 2.75) is 32.8 Å². The summed E-state index contributed by atoms with van der Waals surface area (Å²) in [4.78, 5) is 12.1. The number of carbonyl (C=O) groups is 1. The molecule has 0 aliphatic carbocycles. The lowest BCUT2D eigenvalue weighted by molar-refractivity contribution is 0.0588. The van der Waals surface area contributed by atoms with Crippen LogP contribution in [0, 0.1) is 5.92 Å². The van der Waals surface area contributed by atoms with Crippen molar-refractivity contribution in [3.63, 3.8) is 0 Å². The van der Waals surface area contributed by atoms with E-state index in [-0.39, 0.29) is 11.7 Å². The third kappa shape index (κ3) is 3.44. The topological polar surface area (TPSA) is 37.3 Å². The number of rotatable bonds is 5. The molecule has 4 heteroatoms. The number of aliphatic hydroxyl groups excluding tert-OH is 1. The molecule has 0 fully saturated rings. The molecule has 0 bridgehead atoms.